The molecule has 0 radical (unpaired) electrons. The Morgan fingerprint density at radius 1 is 1.07 bits per heavy atom. The van der Waals surface area contributed by atoms with E-state index in [0.29, 0.717) is 28.0 Å². The van der Waals surface area contributed by atoms with Crippen molar-refractivity contribution in [1.29, 1.82) is 0 Å². The molecule has 7 nitrogen and oxygen atoms in total. The Bertz CT molecular complexity index is 975. The molecular formula is C21H23N3O4S. The first-order valence-corrected chi connectivity index (χ1v) is 10.0. The average molecular weight is 413 g/mol. The minimum atomic E-state index is -0.272. The first kappa shape index (κ1) is 20.7. The molecule has 0 aliphatic carbocycles. The van der Waals surface area contributed by atoms with Gasteiger partial charge in [0.25, 0.3) is 0 Å². The molecule has 0 amide bonds. The molecule has 0 spiro atoms. The van der Waals surface area contributed by atoms with Crippen LogP contribution in [-0.4, -0.2) is 40.5 Å². The third-order valence-electron chi connectivity index (χ3n) is 4.33. The second-order valence-corrected chi connectivity index (χ2v) is 7.20. The molecule has 0 bridgehead atoms. The molecule has 152 valence electrons. The number of rotatable bonds is 9. The first-order chi connectivity index (χ1) is 14.0. The van der Waals surface area contributed by atoms with Crippen molar-refractivity contribution in [2.24, 2.45) is 7.05 Å². The number of hydrogen-bond acceptors (Lipinski definition) is 7. The van der Waals surface area contributed by atoms with Crippen LogP contribution in [0.4, 0.5) is 0 Å². The quantitative estimate of drug-likeness (QED) is 0.388. The van der Waals surface area contributed by atoms with Crippen LogP contribution in [0.2, 0.25) is 0 Å². The number of carbonyl (C=O) groups is 1. The number of methoxy groups -OCH3 is 2. The molecule has 0 N–H and O–H groups in total. The van der Waals surface area contributed by atoms with Gasteiger partial charge in [-0.3, -0.25) is 4.79 Å². The van der Waals surface area contributed by atoms with E-state index >= 15 is 0 Å². The van der Waals surface area contributed by atoms with E-state index < -0.39 is 0 Å². The van der Waals surface area contributed by atoms with Crippen LogP contribution in [0.5, 0.6) is 17.2 Å². The SMILES string of the molecule is COc1ccc(C(=O)CSc2nnc([C@@H](C)Oc3ccccc3)n2C)cc1OC. The van der Waals surface area contributed by atoms with Crippen LogP contribution in [0.1, 0.15) is 29.2 Å². The Morgan fingerprint density at radius 3 is 2.48 bits per heavy atom. The van der Waals surface area contributed by atoms with Crippen LogP contribution in [0.15, 0.2) is 53.7 Å². The molecule has 1 aromatic heterocycles. The highest BCUT2D eigenvalue weighted by Crippen LogP contribution is 2.29. The summed E-state index contributed by atoms with van der Waals surface area (Å²) in [5.74, 6) is 2.76. The van der Waals surface area contributed by atoms with Gasteiger partial charge in [-0.2, -0.15) is 0 Å². The molecule has 0 saturated heterocycles. The number of ether oxygens (including phenoxy) is 3. The van der Waals surface area contributed by atoms with E-state index in [0.717, 1.165) is 5.75 Å². The monoisotopic (exact) mass is 413 g/mol. The lowest BCUT2D eigenvalue weighted by Gasteiger charge is -2.14. The molecule has 0 fully saturated rings. The van der Waals surface area contributed by atoms with Crippen molar-refractivity contribution in [3.8, 4) is 17.2 Å². The highest BCUT2D eigenvalue weighted by molar-refractivity contribution is 7.99. The smallest absolute Gasteiger partial charge is 0.191 e. The summed E-state index contributed by atoms with van der Waals surface area (Å²) < 4.78 is 18.2. The number of thioether (sulfide) groups is 1. The summed E-state index contributed by atoms with van der Waals surface area (Å²) in [6.07, 6.45) is -0.272. The normalized spacial score (nSPS) is 11.7. The van der Waals surface area contributed by atoms with Gasteiger partial charge in [0.15, 0.2) is 34.4 Å². The van der Waals surface area contributed by atoms with Crippen molar-refractivity contribution in [3.05, 3.63) is 59.9 Å². The fraction of sp³-hybridized carbons (Fsp3) is 0.286. The maximum absolute atomic E-state index is 12.6. The summed E-state index contributed by atoms with van der Waals surface area (Å²) >= 11 is 1.33. The highest BCUT2D eigenvalue weighted by Gasteiger charge is 2.19. The molecule has 0 saturated carbocycles. The standard InChI is InChI=1S/C21H23N3O4S/c1-14(28-16-8-6-5-7-9-16)20-22-23-21(24(20)2)29-13-17(25)15-10-11-18(26-3)19(12-15)27-4/h5-12,14H,13H2,1-4H3/t14-/m1/s1. The molecule has 3 aromatic rings. The maximum atomic E-state index is 12.6. The summed E-state index contributed by atoms with van der Waals surface area (Å²) in [5.41, 5.74) is 0.554. The van der Waals surface area contributed by atoms with E-state index in [9.17, 15) is 4.79 Å². The largest absolute Gasteiger partial charge is 0.493 e. The predicted octanol–water partition coefficient (Wildman–Crippen LogP) is 3.95. The van der Waals surface area contributed by atoms with Crippen LogP contribution in [0.25, 0.3) is 0 Å². The fourth-order valence-corrected chi connectivity index (χ4v) is 3.60. The van der Waals surface area contributed by atoms with Crippen molar-refractivity contribution >= 4 is 17.5 Å². The topological polar surface area (TPSA) is 75.5 Å². The Kier molecular flexibility index (Phi) is 6.77. The third kappa shape index (κ3) is 4.89. The molecular weight excluding hydrogens is 390 g/mol. The number of aromatic nitrogens is 3. The van der Waals surface area contributed by atoms with E-state index in [1.807, 2.05) is 48.9 Å². The Hall–Kier alpha value is -3.00. The van der Waals surface area contributed by atoms with Crippen LogP contribution < -0.4 is 14.2 Å². The summed E-state index contributed by atoms with van der Waals surface area (Å²) in [4.78, 5) is 12.6. The molecule has 3 rings (SSSR count). The molecule has 2 aromatic carbocycles. The zero-order valence-electron chi connectivity index (χ0n) is 16.8. The number of hydrogen-bond donors (Lipinski definition) is 0. The lowest BCUT2D eigenvalue weighted by molar-refractivity contribution is 0.102. The lowest BCUT2D eigenvalue weighted by atomic mass is 10.1. The van der Waals surface area contributed by atoms with Crippen LogP contribution in [0, 0.1) is 0 Å². The van der Waals surface area contributed by atoms with E-state index in [4.69, 9.17) is 14.2 Å². The van der Waals surface area contributed by atoms with E-state index in [1.54, 1.807) is 32.4 Å². The zero-order valence-corrected chi connectivity index (χ0v) is 17.6. The fourth-order valence-electron chi connectivity index (χ4n) is 2.78. The van der Waals surface area contributed by atoms with Gasteiger partial charge in [-0.1, -0.05) is 30.0 Å². The number of carbonyl (C=O) groups excluding carboxylic acids is 1. The molecule has 29 heavy (non-hydrogen) atoms. The number of benzene rings is 2. The second-order valence-electron chi connectivity index (χ2n) is 6.25. The van der Waals surface area contributed by atoms with Gasteiger partial charge >= 0.3 is 0 Å². The highest BCUT2D eigenvalue weighted by atomic mass is 32.2. The molecule has 1 heterocycles. The van der Waals surface area contributed by atoms with Crippen molar-refractivity contribution in [2.45, 2.75) is 18.2 Å². The third-order valence-corrected chi connectivity index (χ3v) is 5.35. The van der Waals surface area contributed by atoms with Gasteiger partial charge in [0.1, 0.15) is 5.75 Å². The van der Waals surface area contributed by atoms with Gasteiger partial charge in [0, 0.05) is 12.6 Å². The number of nitrogens with zero attached hydrogens (tertiary/aromatic N) is 3. The van der Waals surface area contributed by atoms with Crippen LogP contribution >= 0.6 is 11.8 Å². The minimum Gasteiger partial charge on any atom is -0.493 e. The average Bonchev–Trinajstić information content (AvgIpc) is 3.12. The Morgan fingerprint density at radius 2 is 1.79 bits per heavy atom. The molecule has 0 aliphatic rings. The number of para-hydroxylation sites is 1. The summed E-state index contributed by atoms with van der Waals surface area (Å²) in [5, 5.41) is 9.09. The number of Topliss-reactive ketones (excluding diaryl/α,β-unsaturated/α-hetero) is 1. The van der Waals surface area contributed by atoms with Crippen molar-refractivity contribution in [1.82, 2.24) is 14.8 Å². The second kappa shape index (κ2) is 9.47. The van der Waals surface area contributed by atoms with Crippen molar-refractivity contribution < 1.29 is 19.0 Å². The van der Waals surface area contributed by atoms with Gasteiger partial charge in [0.2, 0.25) is 0 Å². The number of ketones is 1. The Balaban J connectivity index is 1.65. The van der Waals surface area contributed by atoms with E-state index in [1.165, 1.54) is 11.8 Å². The van der Waals surface area contributed by atoms with E-state index in [-0.39, 0.29) is 17.6 Å². The van der Waals surface area contributed by atoms with Crippen LogP contribution in [0.3, 0.4) is 0 Å². The van der Waals surface area contributed by atoms with Gasteiger partial charge in [0.05, 0.1) is 20.0 Å². The maximum Gasteiger partial charge on any atom is 0.191 e. The van der Waals surface area contributed by atoms with Crippen molar-refractivity contribution in [3.63, 3.8) is 0 Å². The van der Waals surface area contributed by atoms with E-state index in [2.05, 4.69) is 10.2 Å². The molecule has 1 atom stereocenters. The molecule has 0 unspecified atom stereocenters. The van der Waals surface area contributed by atoms with Gasteiger partial charge in [-0.25, -0.2) is 0 Å². The predicted molar refractivity (Wildman–Crippen MR) is 111 cm³/mol. The zero-order chi connectivity index (χ0) is 20.8. The summed E-state index contributed by atoms with van der Waals surface area (Å²) in [6.45, 7) is 1.92. The van der Waals surface area contributed by atoms with Gasteiger partial charge in [-0.15, -0.1) is 10.2 Å². The lowest BCUT2D eigenvalue weighted by Crippen LogP contribution is -2.10. The van der Waals surface area contributed by atoms with Gasteiger partial charge in [-0.05, 0) is 37.3 Å². The Labute approximate surface area is 174 Å². The van der Waals surface area contributed by atoms with Crippen molar-refractivity contribution in [2.75, 3.05) is 20.0 Å². The van der Waals surface area contributed by atoms with Gasteiger partial charge < -0.3 is 18.8 Å². The summed E-state index contributed by atoms with van der Waals surface area (Å²) in [7, 11) is 4.97. The minimum absolute atomic E-state index is 0.0333. The van der Waals surface area contributed by atoms with Crippen LogP contribution in [-0.2, 0) is 7.05 Å². The molecule has 8 heteroatoms. The summed E-state index contributed by atoms with van der Waals surface area (Å²) in [6, 6.07) is 14.7. The first-order valence-electron chi connectivity index (χ1n) is 9.02. The molecule has 0 aliphatic heterocycles.